The maximum atomic E-state index is 4.83. The van der Waals surface area contributed by atoms with E-state index in [4.69, 9.17) is 46.4 Å². The van der Waals surface area contributed by atoms with Gasteiger partial charge in [-0.3, -0.25) is 0 Å². The van der Waals surface area contributed by atoms with Crippen LogP contribution in [0.25, 0.3) is 21.5 Å². The van der Waals surface area contributed by atoms with E-state index in [2.05, 4.69) is 60.7 Å². The highest BCUT2D eigenvalue weighted by Gasteiger charge is 2.11. The average Bonchev–Trinajstić information content (AvgIpc) is 2.62. The number of hydrogen-bond acceptors (Lipinski definition) is 0. The molecule has 0 radical (unpaired) electrons. The Labute approximate surface area is 167 Å². The van der Waals surface area contributed by atoms with Gasteiger partial charge in [-0.05, 0) is 21.5 Å². The van der Waals surface area contributed by atoms with Gasteiger partial charge in [0.25, 0.3) is 3.25 Å². The highest BCUT2D eigenvalue weighted by atomic mass is 35.6. The molecule has 0 saturated carbocycles. The lowest BCUT2D eigenvalue weighted by Gasteiger charge is -2.02. The lowest BCUT2D eigenvalue weighted by atomic mass is 10.0. The lowest BCUT2D eigenvalue weighted by molar-refractivity contribution is 1.72. The van der Waals surface area contributed by atoms with Gasteiger partial charge in [-0.1, -0.05) is 143 Å². The molecule has 25 heavy (non-hydrogen) atoms. The van der Waals surface area contributed by atoms with Crippen LogP contribution in [0, 0.1) is 0 Å². The molecule has 0 atom stereocenters. The summed E-state index contributed by atoms with van der Waals surface area (Å²) in [6.45, 7) is 0. The third-order valence-corrected chi connectivity index (χ3v) is 3.32. The molecule has 0 aromatic heterocycles. The quantitative estimate of drug-likeness (QED) is 0.202. The SMILES string of the molecule is ClC(Cl)(Cl)Cl.c1ccc2c(c1)ccc1ccccc12.c1ccccc1. The Hall–Kier alpha value is -1.44. The molecule has 0 amide bonds. The standard InChI is InChI=1S/C14H10.C6H6.CCl4/c1-3-7-13-11(5-1)9-10-12-6-2-4-8-14(12)13;1-2-4-6-5-3-1;2-1(3,4)5/h1-10H;1-6H;. The molecule has 0 N–H and O–H groups in total. The molecule has 128 valence electrons. The molecule has 4 heteroatoms. The Balaban J connectivity index is 0.000000171. The fourth-order valence-corrected chi connectivity index (χ4v) is 2.34. The monoisotopic (exact) mass is 408 g/mol. The molecule has 0 spiro atoms. The first kappa shape index (κ1) is 19.9. The number of fused-ring (bicyclic) bond motifs is 3. The van der Waals surface area contributed by atoms with Crippen molar-refractivity contribution in [2.24, 2.45) is 0 Å². The predicted octanol–water partition coefficient (Wildman–Crippen LogP) is 8.23. The molecule has 4 aromatic carbocycles. The van der Waals surface area contributed by atoms with Gasteiger partial charge in [-0.2, -0.15) is 0 Å². The summed E-state index contributed by atoms with van der Waals surface area (Å²) < 4.78 is -1.61. The molecular formula is C21H16Cl4. The first-order valence-corrected chi connectivity index (χ1v) is 9.08. The van der Waals surface area contributed by atoms with E-state index in [0.29, 0.717) is 0 Å². The third-order valence-electron chi connectivity index (χ3n) is 3.32. The first-order valence-electron chi connectivity index (χ1n) is 7.57. The van der Waals surface area contributed by atoms with Crippen LogP contribution in [0.4, 0.5) is 0 Å². The molecule has 0 aliphatic carbocycles. The number of hydrogen-bond donors (Lipinski definition) is 0. The Bertz CT molecular complexity index is 812. The highest BCUT2D eigenvalue weighted by Crippen LogP contribution is 2.29. The second-order valence-corrected chi connectivity index (χ2v) is 8.52. The van der Waals surface area contributed by atoms with Gasteiger partial charge < -0.3 is 0 Å². The van der Waals surface area contributed by atoms with Crippen LogP contribution >= 0.6 is 46.4 Å². The summed E-state index contributed by atoms with van der Waals surface area (Å²) in [4.78, 5) is 0. The van der Waals surface area contributed by atoms with Crippen molar-refractivity contribution < 1.29 is 0 Å². The fourth-order valence-electron chi connectivity index (χ4n) is 2.34. The van der Waals surface area contributed by atoms with E-state index in [1.165, 1.54) is 21.5 Å². The van der Waals surface area contributed by atoms with Crippen LogP contribution in [0.3, 0.4) is 0 Å². The molecule has 0 aliphatic heterocycles. The minimum absolute atomic E-state index is 1.31. The number of benzene rings is 4. The van der Waals surface area contributed by atoms with Gasteiger partial charge in [0.2, 0.25) is 0 Å². The summed E-state index contributed by atoms with van der Waals surface area (Å²) in [6.07, 6.45) is 0. The van der Waals surface area contributed by atoms with E-state index in [1.54, 1.807) is 0 Å². The maximum Gasteiger partial charge on any atom is 0.266 e. The average molecular weight is 410 g/mol. The second-order valence-electron chi connectivity index (χ2n) is 5.09. The zero-order valence-corrected chi connectivity index (χ0v) is 16.3. The number of halogens is 4. The molecule has 4 rings (SSSR count). The van der Waals surface area contributed by atoms with Crippen molar-refractivity contribution in [3.63, 3.8) is 0 Å². The zero-order valence-electron chi connectivity index (χ0n) is 13.2. The Morgan fingerprint density at radius 3 is 1.00 bits per heavy atom. The summed E-state index contributed by atoms with van der Waals surface area (Å²) in [6, 6.07) is 33.4. The molecule has 0 aliphatic rings. The van der Waals surface area contributed by atoms with Crippen molar-refractivity contribution in [2.75, 3.05) is 0 Å². The zero-order chi connectivity index (χ0) is 18.1. The van der Waals surface area contributed by atoms with Crippen LogP contribution in [-0.2, 0) is 0 Å². The van der Waals surface area contributed by atoms with Gasteiger partial charge in [-0.15, -0.1) is 0 Å². The van der Waals surface area contributed by atoms with Gasteiger partial charge in [-0.25, -0.2) is 0 Å². The van der Waals surface area contributed by atoms with Gasteiger partial charge in [0.1, 0.15) is 0 Å². The van der Waals surface area contributed by atoms with E-state index < -0.39 is 3.25 Å². The highest BCUT2D eigenvalue weighted by molar-refractivity contribution is 6.83. The topological polar surface area (TPSA) is 0 Å². The molecule has 0 unspecified atom stereocenters. The summed E-state index contributed by atoms with van der Waals surface area (Å²) in [5.41, 5.74) is 0. The van der Waals surface area contributed by atoms with Crippen LogP contribution in [0.5, 0.6) is 0 Å². The summed E-state index contributed by atoms with van der Waals surface area (Å²) >= 11 is 19.3. The van der Waals surface area contributed by atoms with Crippen molar-refractivity contribution in [1.82, 2.24) is 0 Å². The van der Waals surface area contributed by atoms with Gasteiger partial charge in [0.15, 0.2) is 0 Å². The fraction of sp³-hybridized carbons (Fsp3) is 0.0476. The van der Waals surface area contributed by atoms with Gasteiger partial charge in [0, 0.05) is 0 Å². The summed E-state index contributed by atoms with van der Waals surface area (Å²) in [5, 5.41) is 5.30. The summed E-state index contributed by atoms with van der Waals surface area (Å²) in [5.74, 6) is 0. The van der Waals surface area contributed by atoms with E-state index in [-0.39, 0.29) is 0 Å². The second kappa shape index (κ2) is 9.89. The maximum absolute atomic E-state index is 4.83. The van der Waals surface area contributed by atoms with Crippen molar-refractivity contribution in [1.29, 1.82) is 0 Å². The van der Waals surface area contributed by atoms with E-state index >= 15 is 0 Å². The molecule has 0 heterocycles. The number of alkyl halides is 4. The van der Waals surface area contributed by atoms with Crippen LogP contribution < -0.4 is 0 Å². The van der Waals surface area contributed by atoms with E-state index in [1.807, 2.05) is 36.4 Å². The van der Waals surface area contributed by atoms with Crippen molar-refractivity contribution >= 4 is 67.9 Å². The molecule has 0 saturated heterocycles. The third kappa shape index (κ3) is 7.54. The predicted molar refractivity (Wildman–Crippen MR) is 114 cm³/mol. The minimum Gasteiger partial charge on any atom is -0.0664 e. The smallest absolute Gasteiger partial charge is 0.0664 e. The van der Waals surface area contributed by atoms with E-state index in [0.717, 1.165) is 0 Å². The molecule has 0 bridgehead atoms. The van der Waals surface area contributed by atoms with Crippen molar-refractivity contribution in [2.45, 2.75) is 3.25 Å². The van der Waals surface area contributed by atoms with Gasteiger partial charge >= 0.3 is 0 Å². The van der Waals surface area contributed by atoms with Crippen LogP contribution in [0.2, 0.25) is 0 Å². The van der Waals surface area contributed by atoms with Crippen LogP contribution in [0.1, 0.15) is 0 Å². The van der Waals surface area contributed by atoms with Crippen LogP contribution in [0.15, 0.2) is 97.1 Å². The molecule has 4 aromatic rings. The normalized spacial score (nSPS) is 10.4. The van der Waals surface area contributed by atoms with E-state index in [9.17, 15) is 0 Å². The summed E-state index contributed by atoms with van der Waals surface area (Å²) in [7, 11) is 0. The Morgan fingerprint density at radius 2 is 0.680 bits per heavy atom. The lowest BCUT2D eigenvalue weighted by Crippen LogP contribution is -1.81. The molecule has 0 fully saturated rings. The van der Waals surface area contributed by atoms with Crippen LogP contribution in [-0.4, -0.2) is 3.25 Å². The van der Waals surface area contributed by atoms with Crippen molar-refractivity contribution in [3.8, 4) is 0 Å². The molecular weight excluding hydrogens is 394 g/mol. The first-order chi connectivity index (χ1) is 11.9. The number of rotatable bonds is 0. The largest absolute Gasteiger partial charge is 0.266 e. The molecule has 0 nitrogen and oxygen atoms in total. The van der Waals surface area contributed by atoms with Crippen molar-refractivity contribution in [3.05, 3.63) is 97.1 Å². The Morgan fingerprint density at radius 1 is 0.400 bits per heavy atom. The Kier molecular flexibility index (Phi) is 7.87. The minimum atomic E-state index is -1.61. The van der Waals surface area contributed by atoms with Gasteiger partial charge in [0.05, 0.1) is 0 Å².